The number of carbonyl (C=O) groups excluding carboxylic acids is 4. The number of thiazole rings is 1. The Labute approximate surface area is 359 Å². The van der Waals surface area contributed by atoms with E-state index in [1.165, 1.54) is 6.07 Å². The zero-order chi connectivity index (χ0) is 43.1. The molecule has 12 nitrogen and oxygen atoms in total. The van der Waals surface area contributed by atoms with E-state index < -0.39 is 23.9 Å². The minimum Gasteiger partial charge on any atom is -0.494 e. The highest BCUT2D eigenvalue weighted by molar-refractivity contribution is 7.22. The molecule has 1 aromatic heterocycles. The number of benzene rings is 4. The van der Waals surface area contributed by atoms with Crippen LogP contribution in [0.15, 0.2) is 122 Å². The van der Waals surface area contributed by atoms with Crippen molar-refractivity contribution in [2.75, 3.05) is 38.3 Å². The van der Waals surface area contributed by atoms with Gasteiger partial charge in [0.1, 0.15) is 23.0 Å². The summed E-state index contributed by atoms with van der Waals surface area (Å²) in [5.41, 5.74) is 2.14. The first-order chi connectivity index (χ1) is 29.8. The van der Waals surface area contributed by atoms with Crippen LogP contribution in [0.1, 0.15) is 77.6 Å². The molecule has 5 aromatic rings. The van der Waals surface area contributed by atoms with Gasteiger partial charge in [-0.3, -0.25) is 0 Å². The Morgan fingerprint density at radius 1 is 0.607 bits per heavy atom. The van der Waals surface area contributed by atoms with Crippen molar-refractivity contribution in [2.24, 2.45) is 0 Å². The molecule has 1 heterocycles. The average molecular weight is 847 g/mol. The molecule has 0 saturated heterocycles. The van der Waals surface area contributed by atoms with E-state index >= 15 is 0 Å². The number of anilines is 1. The molecule has 13 heteroatoms. The molecular weight excluding hydrogens is 797 g/mol. The van der Waals surface area contributed by atoms with Crippen LogP contribution in [-0.2, 0) is 19.1 Å². The summed E-state index contributed by atoms with van der Waals surface area (Å²) in [4.78, 5) is 53.4. The number of rotatable bonds is 26. The molecule has 0 fully saturated rings. The topological polar surface area (TPSA) is 149 Å². The molecule has 0 atom stereocenters. The number of ether oxygens (including phenoxy) is 6. The van der Waals surface area contributed by atoms with Crippen molar-refractivity contribution in [3.05, 3.63) is 139 Å². The maximum atomic E-state index is 13.4. The van der Waals surface area contributed by atoms with Gasteiger partial charge in [0.2, 0.25) is 0 Å². The highest BCUT2D eigenvalue weighted by Crippen LogP contribution is 2.29. The van der Waals surface area contributed by atoms with Gasteiger partial charge in [-0.1, -0.05) is 48.8 Å². The van der Waals surface area contributed by atoms with Gasteiger partial charge in [-0.15, -0.1) is 0 Å². The largest absolute Gasteiger partial charge is 0.494 e. The summed E-state index contributed by atoms with van der Waals surface area (Å²) >= 11 is 1.56. The smallest absolute Gasteiger partial charge is 0.343 e. The number of carbonyl (C=O) groups is 4. The Morgan fingerprint density at radius 3 is 1.69 bits per heavy atom. The van der Waals surface area contributed by atoms with Crippen molar-refractivity contribution in [1.29, 1.82) is 0 Å². The summed E-state index contributed by atoms with van der Waals surface area (Å²) in [6.07, 6.45) is 12.9. The lowest BCUT2D eigenvalue weighted by atomic mass is 10.1. The molecule has 61 heavy (non-hydrogen) atoms. The second-order valence-corrected chi connectivity index (χ2v) is 14.6. The zero-order valence-corrected chi connectivity index (χ0v) is 34.8. The summed E-state index contributed by atoms with van der Waals surface area (Å²) in [5, 5.41) is 4.09. The number of aromatic nitrogens is 1. The van der Waals surface area contributed by atoms with Crippen molar-refractivity contribution < 1.29 is 47.6 Å². The second-order valence-electron chi connectivity index (χ2n) is 13.6. The van der Waals surface area contributed by atoms with Crippen LogP contribution >= 0.6 is 11.3 Å². The molecule has 0 aliphatic carbocycles. The first-order valence-electron chi connectivity index (χ1n) is 20.2. The number of nitrogens with zero attached hydrogens (tertiary/aromatic N) is 1. The minimum atomic E-state index is -0.598. The van der Waals surface area contributed by atoms with Crippen LogP contribution in [0.3, 0.4) is 0 Å². The molecular formula is C48H50N2O10S. The quantitative estimate of drug-likeness (QED) is 0.0244. The lowest BCUT2D eigenvalue weighted by Crippen LogP contribution is -2.11. The van der Waals surface area contributed by atoms with E-state index in [-0.39, 0.29) is 11.5 Å². The van der Waals surface area contributed by atoms with Gasteiger partial charge in [-0.05, 0) is 124 Å². The molecule has 4 aromatic carbocycles. The Bertz CT molecular complexity index is 2220. The third kappa shape index (κ3) is 15.8. The Morgan fingerprint density at radius 2 is 1.13 bits per heavy atom. The highest BCUT2D eigenvalue weighted by atomic mass is 32.1. The number of hydrogen-bond donors (Lipinski definition) is 1. The predicted molar refractivity (Wildman–Crippen MR) is 237 cm³/mol. The summed E-state index contributed by atoms with van der Waals surface area (Å²) in [6.45, 7) is 8.98. The monoisotopic (exact) mass is 846 g/mol. The fraction of sp³-hybridized carbons (Fsp3) is 0.271. The maximum Gasteiger partial charge on any atom is 0.343 e. The fourth-order valence-electron chi connectivity index (χ4n) is 5.74. The Kier molecular flexibility index (Phi) is 18.6. The SMILES string of the molecule is C=CC(=O)OCCCCCCOc1ccc(C(=O)Oc2ccc(/C=C\CNc3nc4ccccc4s3)c(OC(=O)c3ccc(OCCCCCCOC(=O)C=C)cc3)c2)cc1. The molecule has 0 amide bonds. The number of nitrogens with one attached hydrogen (secondary N) is 1. The number of hydrogen-bond acceptors (Lipinski definition) is 13. The van der Waals surface area contributed by atoms with Gasteiger partial charge in [-0.2, -0.15) is 0 Å². The first kappa shape index (κ1) is 45.4. The fourth-order valence-corrected chi connectivity index (χ4v) is 6.61. The number of para-hydroxylation sites is 1. The van der Waals surface area contributed by atoms with Crippen LogP contribution in [0.25, 0.3) is 16.3 Å². The van der Waals surface area contributed by atoms with Gasteiger partial charge in [-0.25, -0.2) is 24.2 Å². The van der Waals surface area contributed by atoms with E-state index in [4.69, 9.17) is 28.4 Å². The molecule has 318 valence electrons. The third-order valence-corrected chi connectivity index (χ3v) is 9.97. The molecule has 1 N–H and O–H groups in total. The zero-order valence-electron chi connectivity index (χ0n) is 34.0. The lowest BCUT2D eigenvalue weighted by Gasteiger charge is -2.12. The number of esters is 4. The Hall–Kier alpha value is -6.73. The molecule has 0 aliphatic rings. The van der Waals surface area contributed by atoms with E-state index in [9.17, 15) is 19.2 Å². The molecule has 0 spiro atoms. The molecule has 0 radical (unpaired) electrons. The van der Waals surface area contributed by atoms with Crippen LogP contribution in [0.4, 0.5) is 5.13 Å². The van der Waals surface area contributed by atoms with Crippen LogP contribution < -0.4 is 24.3 Å². The minimum absolute atomic E-state index is 0.193. The van der Waals surface area contributed by atoms with Gasteiger partial charge < -0.3 is 33.7 Å². The molecule has 5 rings (SSSR count). The summed E-state index contributed by atoms with van der Waals surface area (Å²) < 4.78 is 34.3. The van der Waals surface area contributed by atoms with E-state index in [0.717, 1.165) is 78.9 Å². The lowest BCUT2D eigenvalue weighted by molar-refractivity contribution is -0.138. The van der Waals surface area contributed by atoms with E-state index in [1.54, 1.807) is 72.0 Å². The highest BCUT2D eigenvalue weighted by Gasteiger charge is 2.15. The predicted octanol–water partition coefficient (Wildman–Crippen LogP) is 10.2. The second kappa shape index (κ2) is 25.0. The van der Waals surface area contributed by atoms with Gasteiger partial charge in [0.25, 0.3) is 0 Å². The van der Waals surface area contributed by atoms with Crippen LogP contribution in [0, 0.1) is 0 Å². The van der Waals surface area contributed by atoms with Crippen LogP contribution in [0.2, 0.25) is 0 Å². The Balaban J connectivity index is 1.15. The summed E-state index contributed by atoms with van der Waals surface area (Å²) in [7, 11) is 0. The van der Waals surface area contributed by atoms with E-state index in [2.05, 4.69) is 23.5 Å². The number of unbranched alkanes of at least 4 members (excludes halogenated alkanes) is 6. The van der Waals surface area contributed by atoms with Crippen molar-refractivity contribution in [1.82, 2.24) is 4.98 Å². The molecule has 0 unspecified atom stereocenters. The average Bonchev–Trinajstić information content (AvgIpc) is 3.70. The van der Waals surface area contributed by atoms with Crippen molar-refractivity contribution in [3.63, 3.8) is 0 Å². The van der Waals surface area contributed by atoms with Crippen LogP contribution in [-0.4, -0.2) is 61.8 Å². The van der Waals surface area contributed by atoms with E-state index in [0.29, 0.717) is 61.2 Å². The molecule has 0 saturated carbocycles. The van der Waals surface area contributed by atoms with Gasteiger partial charge in [0, 0.05) is 30.3 Å². The van der Waals surface area contributed by atoms with Gasteiger partial charge in [0.05, 0.1) is 47.8 Å². The van der Waals surface area contributed by atoms with Gasteiger partial charge in [0.15, 0.2) is 5.13 Å². The van der Waals surface area contributed by atoms with E-state index in [1.807, 2.05) is 36.4 Å². The normalized spacial score (nSPS) is 10.8. The van der Waals surface area contributed by atoms with Crippen molar-refractivity contribution in [2.45, 2.75) is 51.4 Å². The molecule has 0 bridgehead atoms. The summed E-state index contributed by atoms with van der Waals surface area (Å²) in [6, 6.07) is 26.1. The third-order valence-electron chi connectivity index (χ3n) is 8.98. The van der Waals surface area contributed by atoms with Gasteiger partial charge >= 0.3 is 23.9 Å². The standard InChI is InChI=1S/C48H50N2O10S/c1-3-44(51)57-32-13-7-5-11-30-55-38-24-20-36(21-25-38)46(53)59-40-28-19-35(16-15-29-49-48-50-41-17-9-10-18-43(41)61-48)42(34-40)60-47(54)37-22-26-39(27-23-37)56-31-12-6-8-14-33-58-45(52)4-2/h3-4,9-10,15-28,34H,1-2,5-8,11-14,29-33H2,(H,49,50)/b16-15-. The first-order valence-corrected chi connectivity index (χ1v) is 21.0. The number of fused-ring (bicyclic) bond motifs is 1. The van der Waals surface area contributed by atoms with Crippen LogP contribution in [0.5, 0.6) is 23.0 Å². The van der Waals surface area contributed by atoms with Crippen molar-refractivity contribution >= 4 is 56.6 Å². The molecule has 0 aliphatic heterocycles. The summed E-state index contributed by atoms with van der Waals surface area (Å²) in [5.74, 6) is -0.383. The maximum absolute atomic E-state index is 13.4. The van der Waals surface area contributed by atoms with Crippen molar-refractivity contribution in [3.8, 4) is 23.0 Å².